The summed E-state index contributed by atoms with van der Waals surface area (Å²) < 4.78 is 0. The van der Waals surface area contributed by atoms with Gasteiger partial charge in [-0.3, -0.25) is 14.6 Å². The Hall–Kier alpha value is -3.17. The van der Waals surface area contributed by atoms with Gasteiger partial charge in [-0.1, -0.05) is 30.2 Å². The number of benzene rings is 2. The summed E-state index contributed by atoms with van der Waals surface area (Å²) in [5.74, 6) is -0.514. The number of hydrogen-bond donors (Lipinski definition) is 1. The average Bonchev–Trinajstić information content (AvgIpc) is 3.01. The van der Waals surface area contributed by atoms with Crippen molar-refractivity contribution in [2.24, 2.45) is 4.99 Å². The Kier molecular flexibility index (Phi) is 5.56. The molecule has 1 aliphatic carbocycles. The molecule has 1 N–H and O–H groups in total. The molecular formula is C23H21ClN4O2. The first kappa shape index (κ1) is 20.1. The number of carbonyl (C=O) groups is 2. The molecule has 1 heterocycles. The van der Waals surface area contributed by atoms with Crippen molar-refractivity contribution >= 4 is 34.8 Å². The number of nitriles is 1. The highest BCUT2D eigenvalue weighted by Crippen LogP contribution is 2.39. The van der Waals surface area contributed by atoms with E-state index in [2.05, 4.69) is 5.32 Å². The number of carbonyl (C=O) groups excluding carboxylic acids is 2. The molecule has 2 amide bonds. The normalized spacial score (nSPS) is 17.5. The van der Waals surface area contributed by atoms with E-state index in [0.29, 0.717) is 27.5 Å². The van der Waals surface area contributed by atoms with Crippen molar-refractivity contribution in [3.63, 3.8) is 0 Å². The summed E-state index contributed by atoms with van der Waals surface area (Å²) in [6.07, 6.45) is 4.55. The van der Waals surface area contributed by atoms with E-state index >= 15 is 0 Å². The fraction of sp³-hybridized carbons (Fsp3) is 0.304. The summed E-state index contributed by atoms with van der Waals surface area (Å²) in [7, 11) is 0. The third-order valence-electron chi connectivity index (χ3n) is 5.64. The second-order valence-corrected chi connectivity index (χ2v) is 8.08. The smallest absolute Gasteiger partial charge is 0.275 e. The molecule has 0 atom stereocenters. The van der Waals surface area contributed by atoms with Crippen molar-refractivity contribution < 1.29 is 9.59 Å². The fourth-order valence-corrected chi connectivity index (χ4v) is 4.25. The number of amides is 2. The Labute approximate surface area is 180 Å². The molecule has 0 bridgehead atoms. The summed E-state index contributed by atoms with van der Waals surface area (Å²) in [6, 6.07) is 15.7. The van der Waals surface area contributed by atoms with Crippen LogP contribution in [0.15, 0.2) is 53.5 Å². The van der Waals surface area contributed by atoms with Crippen LogP contribution in [-0.2, 0) is 9.59 Å². The van der Waals surface area contributed by atoms with Crippen molar-refractivity contribution in [2.75, 3.05) is 11.9 Å². The molecule has 1 spiro atoms. The first-order chi connectivity index (χ1) is 14.5. The third-order valence-corrected chi connectivity index (χ3v) is 5.89. The molecule has 2 aromatic rings. The van der Waals surface area contributed by atoms with Crippen molar-refractivity contribution in [3.8, 4) is 6.07 Å². The van der Waals surface area contributed by atoms with Crippen LogP contribution in [0.4, 0.5) is 5.69 Å². The van der Waals surface area contributed by atoms with Crippen LogP contribution in [0.3, 0.4) is 0 Å². The Morgan fingerprint density at radius 3 is 2.40 bits per heavy atom. The van der Waals surface area contributed by atoms with Crippen LogP contribution in [0.5, 0.6) is 0 Å². The maximum Gasteiger partial charge on any atom is 0.275 e. The largest absolute Gasteiger partial charge is 0.325 e. The molecule has 1 fully saturated rings. The minimum atomic E-state index is -0.660. The van der Waals surface area contributed by atoms with E-state index in [1.807, 2.05) is 6.07 Å². The lowest BCUT2D eigenvalue weighted by Gasteiger charge is -2.38. The van der Waals surface area contributed by atoms with Crippen LogP contribution >= 0.6 is 11.6 Å². The second kappa shape index (κ2) is 8.29. The van der Waals surface area contributed by atoms with Gasteiger partial charge in [0.1, 0.15) is 17.9 Å². The lowest BCUT2D eigenvalue weighted by atomic mass is 9.88. The highest BCUT2D eigenvalue weighted by Gasteiger charge is 2.48. The minimum absolute atomic E-state index is 0.0700. The molecule has 152 valence electrons. The zero-order chi connectivity index (χ0) is 21.1. The Morgan fingerprint density at radius 1 is 1.10 bits per heavy atom. The van der Waals surface area contributed by atoms with Crippen LogP contribution in [0, 0.1) is 11.3 Å². The van der Waals surface area contributed by atoms with E-state index < -0.39 is 5.66 Å². The van der Waals surface area contributed by atoms with E-state index in [1.54, 1.807) is 53.4 Å². The molecule has 2 aromatic carbocycles. The average molecular weight is 421 g/mol. The molecule has 0 radical (unpaired) electrons. The Morgan fingerprint density at radius 2 is 1.77 bits per heavy atom. The van der Waals surface area contributed by atoms with Gasteiger partial charge in [0.15, 0.2) is 0 Å². The Balaban J connectivity index is 1.56. The standard InChI is InChI=1S/C23H21ClN4O2/c24-18-8-6-17(7-9-18)21-22(30)28(23(27-21)12-2-1-3-13-23)15-20(29)26-19-10-4-16(14-25)5-11-19/h4-11H,1-3,12-13,15H2,(H,26,29). The number of rotatable bonds is 4. The molecule has 1 aliphatic heterocycles. The Bertz CT molecular complexity index is 1030. The lowest BCUT2D eigenvalue weighted by Crippen LogP contribution is -2.51. The van der Waals surface area contributed by atoms with Gasteiger partial charge in [0.25, 0.3) is 5.91 Å². The maximum atomic E-state index is 13.3. The van der Waals surface area contributed by atoms with Crippen molar-refractivity contribution in [3.05, 3.63) is 64.7 Å². The number of anilines is 1. The van der Waals surface area contributed by atoms with Gasteiger partial charge in [-0.05, 0) is 62.1 Å². The van der Waals surface area contributed by atoms with Gasteiger partial charge in [-0.25, -0.2) is 0 Å². The van der Waals surface area contributed by atoms with Gasteiger partial charge in [-0.2, -0.15) is 5.26 Å². The number of hydrogen-bond acceptors (Lipinski definition) is 4. The molecule has 6 nitrogen and oxygen atoms in total. The van der Waals surface area contributed by atoms with Gasteiger partial charge < -0.3 is 10.2 Å². The topological polar surface area (TPSA) is 85.6 Å². The SMILES string of the molecule is N#Cc1ccc(NC(=O)CN2C(=O)C(c3ccc(Cl)cc3)=NC23CCCCC3)cc1. The third kappa shape index (κ3) is 3.94. The molecular weight excluding hydrogens is 400 g/mol. The molecule has 0 saturated heterocycles. The van der Waals surface area contributed by atoms with Crippen LogP contribution in [0.2, 0.25) is 5.02 Å². The summed E-state index contributed by atoms with van der Waals surface area (Å²) >= 11 is 5.98. The molecule has 30 heavy (non-hydrogen) atoms. The number of aliphatic imine (C=N–C) groups is 1. The van der Waals surface area contributed by atoms with Gasteiger partial charge in [0, 0.05) is 16.3 Å². The zero-order valence-electron chi connectivity index (χ0n) is 16.4. The maximum absolute atomic E-state index is 13.3. The molecule has 4 rings (SSSR count). The quantitative estimate of drug-likeness (QED) is 0.806. The van der Waals surface area contributed by atoms with Crippen LogP contribution in [0.25, 0.3) is 0 Å². The van der Waals surface area contributed by atoms with Crippen LogP contribution < -0.4 is 5.32 Å². The molecule has 7 heteroatoms. The van der Waals surface area contributed by atoms with Gasteiger partial charge in [0.2, 0.25) is 5.91 Å². The molecule has 0 unspecified atom stereocenters. The second-order valence-electron chi connectivity index (χ2n) is 7.64. The number of nitrogens with zero attached hydrogens (tertiary/aromatic N) is 3. The van der Waals surface area contributed by atoms with Gasteiger partial charge in [-0.15, -0.1) is 0 Å². The summed E-state index contributed by atoms with van der Waals surface area (Å²) in [6.45, 7) is -0.0700. The monoisotopic (exact) mass is 420 g/mol. The van der Waals surface area contributed by atoms with E-state index in [1.165, 1.54) is 0 Å². The summed E-state index contributed by atoms with van der Waals surface area (Å²) in [5, 5.41) is 12.3. The lowest BCUT2D eigenvalue weighted by molar-refractivity contribution is -0.134. The molecule has 0 aromatic heterocycles. The summed E-state index contributed by atoms with van der Waals surface area (Å²) in [4.78, 5) is 32.5. The first-order valence-electron chi connectivity index (χ1n) is 9.98. The van der Waals surface area contributed by atoms with Crippen molar-refractivity contribution in [1.82, 2.24) is 4.90 Å². The van der Waals surface area contributed by atoms with Gasteiger partial charge in [0.05, 0.1) is 11.6 Å². The van der Waals surface area contributed by atoms with Crippen LogP contribution in [0.1, 0.15) is 43.2 Å². The number of halogens is 1. The number of nitrogens with one attached hydrogen (secondary N) is 1. The van der Waals surface area contributed by atoms with Crippen LogP contribution in [-0.4, -0.2) is 34.6 Å². The fourth-order valence-electron chi connectivity index (χ4n) is 4.12. The van der Waals surface area contributed by atoms with E-state index in [-0.39, 0.29) is 18.4 Å². The van der Waals surface area contributed by atoms with Gasteiger partial charge >= 0.3 is 0 Å². The predicted molar refractivity (Wildman–Crippen MR) is 115 cm³/mol. The zero-order valence-corrected chi connectivity index (χ0v) is 17.2. The highest BCUT2D eigenvalue weighted by molar-refractivity contribution is 6.47. The summed E-state index contributed by atoms with van der Waals surface area (Å²) in [5.41, 5.74) is 1.54. The minimum Gasteiger partial charge on any atom is -0.325 e. The molecule has 1 saturated carbocycles. The molecule has 2 aliphatic rings. The predicted octanol–water partition coefficient (Wildman–Crippen LogP) is 4.14. The first-order valence-corrected chi connectivity index (χ1v) is 10.4. The van der Waals surface area contributed by atoms with E-state index in [4.69, 9.17) is 21.9 Å². The highest BCUT2D eigenvalue weighted by atomic mass is 35.5. The van der Waals surface area contributed by atoms with Crippen molar-refractivity contribution in [1.29, 1.82) is 5.26 Å². The van der Waals surface area contributed by atoms with E-state index in [9.17, 15) is 9.59 Å². The van der Waals surface area contributed by atoms with Crippen molar-refractivity contribution in [2.45, 2.75) is 37.8 Å². The van der Waals surface area contributed by atoms with E-state index in [0.717, 1.165) is 32.1 Å².